The molecule has 0 aromatic rings. The summed E-state index contributed by atoms with van der Waals surface area (Å²) >= 11 is 0. The molecule has 1 aliphatic rings. The number of rotatable bonds is 7. The summed E-state index contributed by atoms with van der Waals surface area (Å²) in [6, 6.07) is -0.0936. The Balaban J connectivity index is 2.16. The zero-order valence-corrected chi connectivity index (χ0v) is 11.3. The molecular formula is C12H21N3O4. The molecule has 1 saturated carbocycles. The van der Waals surface area contributed by atoms with Gasteiger partial charge in [0.15, 0.2) is 0 Å². The van der Waals surface area contributed by atoms with Crippen LogP contribution >= 0.6 is 0 Å². The number of urea groups is 1. The van der Waals surface area contributed by atoms with E-state index >= 15 is 0 Å². The van der Waals surface area contributed by atoms with Gasteiger partial charge in [-0.1, -0.05) is 6.92 Å². The topological polar surface area (TPSA) is 98.7 Å². The van der Waals surface area contributed by atoms with E-state index in [0.29, 0.717) is 6.42 Å². The first-order valence-corrected chi connectivity index (χ1v) is 6.41. The normalized spacial score (nSPS) is 15.5. The van der Waals surface area contributed by atoms with Crippen molar-refractivity contribution in [1.29, 1.82) is 0 Å². The summed E-state index contributed by atoms with van der Waals surface area (Å²) in [5, 5.41) is 14.1. The molecule has 108 valence electrons. The first-order valence-electron chi connectivity index (χ1n) is 6.41. The zero-order valence-electron chi connectivity index (χ0n) is 11.3. The van der Waals surface area contributed by atoms with Crippen LogP contribution < -0.4 is 10.6 Å². The highest BCUT2D eigenvalue weighted by Crippen LogP contribution is 2.18. The quantitative estimate of drug-likeness (QED) is 0.607. The Morgan fingerprint density at radius 1 is 1.37 bits per heavy atom. The van der Waals surface area contributed by atoms with Gasteiger partial charge in [-0.15, -0.1) is 0 Å². The van der Waals surface area contributed by atoms with Gasteiger partial charge in [0, 0.05) is 19.6 Å². The van der Waals surface area contributed by atoms with Crippen molar-refractivity contribution in [2.75, 3.05) is 20.1 Å². The van der Waals surface area contributed by atoms with Gasteiger partial charge in [-0.25, -0.2) is 4.79 Å². The largest absolute Gasteiger partial charge is 0.481 e. The average molecular weight is 271 g/mol. The maximum absolute atomic E-state index is 11.6. The van der Waals surface area contributed by atoms with Gasteiger partial charge >= 0.3 is 12.0 Å². The number of hydrogen-bond acceptors (Lipinski definition) is 3. The molecule has 0 aliphatic heterocycles. The van der Waals surface area contributed by atoms with E-state index in [2.05, 4.69) is 10.6 Å². The second-order valence-electron chi connectivity index (χ2n) is 4.96. The van der Waals surface area contributed by atoms with E-state index in [1.165, 1.54) is 11.9 Å². The van der Waals surface area contributed by atoms with Crippen molar-refractivity contribution in [3.05, 3.63) is 0 Å². The number of nitrogens with one attached hydrogen (secondary N) is 2. The fraction of sp³-hybridized carbons (Fsp3) is 0.750. The predicted molar refractivity (Wildman–Crippen MR) is 68.6 cm³/mol. The van der Waals surface area contributed by atoms with Crippen molar-refractivity contribution in [1.82, 2.24) is 15.5 Å². The Hall–Kier alpha value is -1.79. The number of nitrogens with zero attached hydrogens (tertiary/aromatic N) is 1. The molecule has 1 rings (SSSR count). The van der Waals surface area contributed by atoms with E-state index < -0.39 is 11.9 Å². The highest BCUT2D eigenvalue weighted by atomic mass is 16.4. The minimum absolute atomic E-state index is 0.0107. The van der Waals surface area contributed by atoms with Gasteiger partial charge in [0.05, 0.1) is 5.92 Å². The molecule has 7 heteroatoms. The van der Waals surface area contributed by atoms with E-state index in [1.54, 1.807) is 6.92 Å². The Bertz CT molecular complexity index is 355. The Labute approximate surface area is 112 Å². The van der Waals surface area contributed by atoms with Crippen LogP contribution in [0.4, 0.5) is 4.79 Å². The lowest BCUT2D eigenvalue weighted by atomic mass is 10.1. The standard InChI is InChI=1S/C12H21N3O4/c1-8(11(17)18)5-6-13-12(19)15(2)7-10(16)14-9-3-4-9/h8-9H,3-7H2,1-2H3,(H,13,19)(H,14,16)(H,17,18). The molecule has 0 aromatic heterocycles. The van der Waals surface area contributed by atoms with Crippen LogP contribution in [0, 0.1) is 5.92 Å². The minimum Gasteiger partial charge on any atom is -0.481 e. The summed E-state index contributed by atoms with van der Waals surface area (Å²) in [6.45, 7) is 1.87. The summed E-state index contributed by atoms with van der Waals surface area (Å²) in [6.07, 6.45) is 2.38. The highest BCUT2D eigenvalue weighted by molar-refractivity contribution is 5.84. The number of carbonyl (C=O) groups is 3. The van der Waals surface area contributed by atoms with Gasteiger partial charge in [-0.3, -0.25) is 9.59 Å². The van der Waals surface area contributed by atoms with Gasteiger partial charge in [0.1, 0.15) is 6.54 Å². The van der Waals surface area contributed by atoms with Gasteiger partial charge in [0.2, 0.25) is 5.91 Å². The van der Waals surface area contributed by atoms with Crippen LogP contribution in [0.1, 0.15) is 26.2 Å². The number of carboxylic acid groups (broad SMARTS) is 1. The van der Waals surface area contributed by atoms with Gasteiger partial charge in [-0.05, 0) is 19.3 Å². The van der Waals surface area contributed by atoms with Crippen LogP contribution in [-0.4, -0.2) is 54.1 Å². The molecule has 3 N–H and O–H groups in total. The molecule has 0 radical (unpaired) electrons. The predicted octanol–water partition coefficient (Wildman–Crippen LogP) is 0.0172. The Kier molecular flexibility index (Phi) is 5.59. The van der Waals surface area contributed by atoms with Crippen molar-refractivity contribution in [2.45, 2.75) is 32.2 Å². The summed E-state index contributed by atoms with van der Waals surface area (Å²) < 4.78 is 0. The third kappa shape index (κ3) is 6.08. The molecule has 1 fully saturated rings. The SMILES string of the molecule is CC(CCNC(=O)N(C)CC(=O)NC1CC1)C(=O)O. The monoisotopic (exact) mass is 271 g/mol. The maximum Gasteiger partial charge on any atom is 0.317 e. The molecule has 0 spiro atoms. The maximum atomic E-state index is 11.6. The molecule has 7 nitrogen and oxygen atoms in total. The van der Waals surface area contributed by atoms with E-state index in [9.17, 15) is 14.4 Å². The van der Waals surface area contributed by atoms with Crippen LogP contribution in [0.5, 0.6) is 0 Å². The third-order valence-electron chi connectivity index (χ3n) is 2.95. The summed E-state index contributed by atoms with van der Waals surface area (Å²) in [5.41, 5.74) is 0. The van der Waals surface area contributed by atoms with Crippen molar-refractivity contribution in [2.24, 2.45) is 5.92 Å². The fourth-order valence-electron chi connectivity index (χ4n) is 1.44. The highest BCUT2D eigenvalue weighted by Gasteiger charge is 2.24. The number of carbonyl (C=O) groups excluding carboxylic acids is 2. The van der Waals surface area contributed by atoms with Gasteiger partial charge in [0.25, 0.3) is 0 Å². The molecule has 1 atom stereocenters. The minimum atomic E-state index is -0.883. The third-order valence-corrected chi connectivity index (χ3v) is 2.95. The first kappa shape index (κ1) is 15.3. The van der Waals surface area contributed by atoms with Crippen molar-refractivity contribution < 1.29 is 19.5 Å². The number of likely N-dealkylation sites (N-methyl/N-ethyl adjacent to an activating group) is 1. The van der Waals surface area contributed by atoms with E-state index in [4.69, 9.17) is 5.11 Å². The van der Waals surface area contributed by atoms with E-state index in [0.717, 1.165) is 12.8 Å². The van der Waals surface area contributed by atoms with Crippen molar-refractivity contribution in [3.63, 3.8) is 0 Å². The lowest BCUT2D eigenvalue weighted by molar-refractivity contribution is -0.141. The molecule has 1 unspecified atom stereocenters. The van der Waals surface area contributed by atoms with Crippen molar-refractivity contribution >= 4 is 17.9 Å². The van der Waals surface area contributed by atoms with Crippen LogP contribution in [0.3, 0.4) is 0 Å². The zero-order chi connectivity index (χ0) is 14.4. The van der Waals surface area contributed by atoms with E-state index in [1.807, 2.05) is 0 Å². The first-order chi connectivity index (χ1) is 8.90. The van der Waals surface area contributed by atoms with Crippen LogP contribution in [0.25, 0.3) is 0 Å². The van der Waals surface area contributed by atoms with Gasteiger partial charge < -0.3 is 20.6 Å². The number of hydrogen-bond donors (Lipinski definition) is 3. The van der Waals surface area contributed by atoms with Crippen molar-refractivity contribution in [3.8, 4) is 0 Å². The second kappa shape index (κ2) is 6.96. The Morgan fingerprint density at radius 3 is 2.53 bits per heavy atom. The van der Waals surface area contributed by atoms with E-state index in [-0.39, 0.29) is 31.1 Å². The number of amides is 3. The average Bonchev–Trinajstić information content (AvgIpc) is 3.11. The molecular weight excluding hydrogens is 250 g/mol. The number of aliphatic carboxylic acids is 1. The molecule has 19 heavy (non-hydrogen) atoms. The number of carboxylic acids is 1. The smallest absolute Gasteiger partial charge is 0.317 e. The molecule has 0 bridgehead atoms. The molecule has 0 saturated heterocycles. The Morgan fingerprint density at radius 2 is 2.00 bits per heavy atom. The van der Waals surface area contributed by atoms with Crippen LogP contribution in [0.2, 0.25) is 0 Å². The lowest BCUT2D eigenvalue weighted by Crippen LogP contribution is -2.44. The summed E-state index contributed by atoms with van der Waals surface area (Å²) in [5.74, 6) is -1.55. The molecule has 0 heterocycles. The van der Waals surface area contributed by atoms with Crippen LogP contribution in [-0.2, 0) is 9.59 Å². The summed E-state index contributed by atoms with van der Waals surface area (Å²) in [7, 11) is 1.53. The van der Waals surface area contributed by atoms with Gasteiger partial charge in [-0.2, -0.15) is 0 Å². The fourth-order valence-corrected chi connectivity index (χ4v) is 1.44. The molecule has 3 amide bonds. The molecule has 1 aliphatic carbocycles. The summed E-state index contributed by atoms with van der Waals surface area (Å²) in [4.78, 5) is 35.0. The van der Waals surface area contributed by atoms with Crippen LogP contribution in [0.15, 0.2) is 0 Å². The second-order valence-corrected chi connectivity index (χ2v) is 4.96. The lowest BCUT2D eigenvalue weighted by Gasteiger charge is -2.18. The molecule has 0 aromatic carbocycles.